The van der Waals surface area contributed by atoms with Crippen LogP contribution in [0.3, 0.4) is 0 Å². The predicted octanol–water partition coefficient (Wildman–Crippen LogP) is 4.09. The van der Waals surface area contributed by atoms with E-state index in [2.05, 4.69) is 0 Å². The van der Waals surface area contributed by atoms with Crippen molar-refractivity contribution < 1.29 is 19.7 Å². The maximum absolute atomic E-state index is 11.8. The highest BCUT2D eigenvalue weighted by atomic mass is 32.2. The van der Waals surface area contributed by atoms with Gasteiger partial charge in [-0.2, -0.15) is 0 Å². The molecule has 0 aliphatic carbocycles. The molecule has 3 rings (SSSR count). The number of phenols is 2. The lowest BCUT2D eigenvalue weighted by Crippen LogP contribution is -2.07. The van der Waals surface area contributed by atoms with Crippen LogP contribution in [-0.2, 0) is 16.1 Å². The van der Waals surface area contributed by atoms with Gasteiger partial charge in [0.05, 0.1) is 5.75 Å². The van der Waals surface area contributed by atoms with Crippen molar-refractivity contribution in [2.24, 2.45) is 0 Å². The van der Waals surface area contributed by atoms with Crippen molar-refractivity contribution in [2.45, 2.75) is 11.5 Å². The number of benzene rings is 3. The lowest BCUT2D eigenvalue weighted by molar-refractivity contribution is -0.141. The monoisotopic (exact) mass is 340 g/mol. The van der Waals surface area contributed by atoms with Crippen molar-refractivity contribution in [1.82, 2.24) is 0 Å². The van der Waals surface area contributed by atoms with Gasteiger partial charge in [0.1, 0.15) is 6.61 Å². The largest absolute Gasteiger partial charge is 0.504 e. The molecule has 0 saturated carbocycles. The minimum atomic E-state index is -0.280. The molecule has 0 aliphatic heterocycles. The molecule has 5 heteroatoms. The zero-order chi connectivity index (χ0) is 16.9. The van der Waals surface area contributed by atoms with Gasteiger partial charge in [-0.05, 0) is 40.6 Å². The number of hydrogen-bond acceptors (Lipinski definition) is 5. The van der Waals surface area contributed by atoms with Crippen molar-refractivity contribution in [2.75, 3.05) is 5.75 Å². The van der Waals surface area contributed by atoms with Crippen molar-refractivity contribution in [1.29, 1.82) is 0 Å². The molecule has 0 amide bonds. The third-order valence-corrected chi connectivity index (χ3v) is 4.47. The van der Waals surface area contributed by atoms with Crippen LogP contribution in [0.2, 0.25) is 0 Å². The van der Waals surface area contributed by atoms with Gasteiger partial charge < -0.3 is 14.9 Å². The standard InChI is InChI=1S/C19H16O4S/c20-17-9-14-6-7-16(8-15(14)10-18(17)21)24-12-19(22)23-11-13-4-2-1-3-5-13/h1-10,20-21H,11-12H2. The molecule has 2 N–H and O–H groups in total. The number of carbonyl (C=O) groups excluding carboxylic acids is 1. The lowest BCUT2D eigenvalue weighted by Gasteiger charge is -2.06. The second kappa shape index (κ2) is 7.27. The SMILES string of the molecule is O=C(CSc1ccc2cc(O)c(O)cc2c1)OCc1ccccc1. The van der Waals surface area contributed by atoms with Crippen LogP contribution < -0.4 is 0 Å². The zero-order valence-electron chi connectivity index (χ0n) is 12.8. The van der Waals surface area contributed by atoms with Crippen LogP contribution in [0.4, 0.5) is 0 Å². The number of esters is 1. The zero-order valence-corrected chi connectivity index (χ0v) is 13.6. The quantitative estimate of drug-likeness (QED) is 0.416. The molecule has 122 valence electrons. The van der Waals surface area contributed by atoms with E-state index in [-0.39, 0.29) is 29.8 Å². The topological polar surface area (TPSA) is 66.8 Å². The Kier molecular flexibility index (Phi) is 4.91. The summed E-state index contributed by atoms with van der Waals surface area (Å²) in [6, 6.07) is 18.1. The lowest BCUT2D eigenvalue weighted by atomic mass is 10.1. The Labute approximate surface area is 143 Å². The molecule has 0 bridgehead atoms. The van der Waals surface area contributed by atoms with Gasteiger partial charge in [-0.25, -0.2) is 0 Å². The molecule has 3 aromatic carbocycles. The Balaban J connectivity index is 1.59. The van der Waals surface area contributed by atoms with E-state index < -0.39 is 0 Å². The van der Waals surface area contributed by atoms with E-state index in [0.29, 0.717) is 0 Å². The number of carbonyl (C=O) groups is 1. The molecular weight excluding hydrogens is 324 g/mol. The van der Waals surface area contributed by atoms with Crippen LogP contribution in [0.5, 0.6) is 11.5 Å². The van der Waals surface area contributed by atoms with E-state index in [1.54, 1.807) is 0 Å². The van der Waals surface area contributed by atoms with Gasteiger partial charge in [-0.15, -0.1) is 11.8 Å². The first kappa shape index (κ1) is 16.2. The number of rotatable bonds is 5. The van der Waals surface area contributed by atoms with Crippen LogP contribution in [0.15, 0.2) is 65.6 Å². The molecule has 0 heterocycles. The maximum Gasteiger partial charge on any atom is 0.316 e. The Bertz CT molecular complexity index is 862. The van der Waals surface area contributed by atoms with Crippen molar-refractivity contribution in [3.63, 3.8) is 0 Å². The number of hydrogen-bond donors (Lipinski definition) is 2. The van der Waals surface area contributed by atoms with Crippen molar-refractivity contribution in [3.8, 4) is 11.5 Å². The summed E-state index contributed by atoms with van der Waals surface area (Å²) in [5.41, 5.74) is 0.955. The van der Waals surface area contributed by atoms with Crippen LogP contribution >= 0.6 is 11.8 Å². The number of aromatic hydroxyl groups is 2. The molecule has 4 nitrogen and oxygen atoms in total. The molecule has 0 radical (unpaired) electrons. The van der Waals surface area contributed by atoms with Gasteiger partial charge in [0, 0.05) is 4.90 Å². The van der Waals surface area contributed by atoms with Crippen molar-refractivity contribution in [3.05, 3.63) is 66.2 Å². The van der Waals surface area contributed by atoms with E-state index in [9.17, 15) is 15.0 Å². The number of thioether (sulfide) groups is 1. The van der Waals surface area contributed by atoms with Gasteiger partial charge in [-0.3, -0.25) is 4.79 Å². The molecule has 0 aliphatic rings. The summed E-state index contributed by atoms with van der Waals surface area (Å²) >= 11 is 1.37. The molecule has 0 saturated heterocycles. The summed E-state index contributed by atoms with van der Waals surface area (Å²) in [6.45, 7) is 0.269. The van der Waals surface area contributed by atoms with Crippen molar-refractivity contribution >= 4 is 28.5 Å². The summed E-state index contributed by atoms with van der Waals surface area (Å²) in [6.07, 6.45) is 0. The van der Waals surface area contributed by atoms with Gasteiger partial charge >= 0.3 is 5.97 Å². The van der Waals surface area contributed by atoms with Crippen LogP contribution in [0.25, 0.3) is 10.8 Å². The molecular formula is C19H16O4S. The maximum atomic E-state index is 11.8. The minimum absolute atomic E-state index is 0.146. The fraction of sp³-hybridized carbons (Fsp3) is 0.105. The first-order valence-electron chi connectivity index (χ1n) is 7.40. The second-order valence-corrected chi connectivity index (χ2v) is 6.33. The highest BCUT2D eigenvalue weighted by Crippen LogP contribution is 2.32. The third kappa shape index (κ3) is 4.00. The Morgan fingerprint density at radius 1 is 0.917 bits per heavy atom. The van der Waals surface area contributed by atoms with Gasteiger partial charge in [0.15, 0.2) is 11.5 Å². The smallest absolute Gasteiger partial charge is 0.316 e. The Morgan fingerprint density at radius 2 is 1.62 bits per heavy atom. The average Bonchev–Trinajstić information content (AvgIpc) is 2.60. The summed E-state index contributed by atoms with van der Waals surface area (Å²) in [4.78, 5) is 12.7. The fourth-order valence-corrected chi connectivity index (χ4v) is 3.01. The summed E-state index contributed by atoms with van der Waals surface area (Å²) < 4.78 is 5.24. The average molecular weight is 340 g/mol. The molecule has 0 aromatic heterocycles. The van der Waals surface area contributed by atoms with Gasteiger partial charge in [0.25, 0.3) is 0 Å². The molecule has 0 spiro atoms. The fourth-order valence-electron chi connectivity index (χ4n) is 2.26. The molecule has 0 fully saturated rings. The number of fused-ring (bicyclic) bond motifs is 1. The summed E-state index contributed by atoms with van der Waals surface area (Å²) in [5, 5.41) is 20.7. The third-order valence-electron chi connectivity index (χ3n) is 3.50. The van der Waals surface area contributed by atoms with E-state index >= 15 is 0 Å². The predicted molar refractivity (Wildman–Crippen MR) is 94.2 cm³/mol. The Hall–Kier alpha value is -2.66. The Morgan fingerprint density at radius 3 is 2.38 bits per heavy atom. The summed E-state index contributed by atoms with van der Waals surface area (Å²) in [7, 11) is 0. The van der Waals surface area contributed by atoms with Crippen LogP contribution in [0.1, 0.15) is 5.56 Å². The summed E-state index contributed by atoms with van der Waals surface area (Å²) in [5.74, 6) is -0.376. The molecule has 3 aromatic rings. The molecule has 0 unspecified atom stereocenters. The van der Waals surface area contributed by atoms with Gasteiger partial charge in [0.2, 0.25) is 0 Å². The second-order valence-electron chi connectivity index (χ2n) is 5.28. The number of ether oxygens (including phenoxy) is 1. The molecule has 0 atom stereocenters. The van der Waals surface area contributed by atoms with Gasteiger partial charge in [-0.1, -0.05) is 36.4 Å². The van der Waals surface area contributed by atoms with Crippen LogP contribution in [-0.4, -0.2) is 21.9 Å². The van der Waals surface area contributed by atoms with E-state index in [0.717, 1.165) is 21.2 Å². The minimum Gasteiger partial charge on any atom is -0.504 e. The first-order chi connectivity index (χ1) is 11.6. The molecule has 24 heavy (non-hydrogen) atoms. The van der Waals surface area contributed by atoms with Crippen LogP contribution in [0, 0.1) is 0 Å². The first-order valence-corrected chi connectivity index (χ1v) is 8.38. The number of phenolic OH excluding ortho intramolecular Hbond substituents is 2. The van der Waals surface area contributed by atoms with E-state index in [1.165, 1.54) is 23.9 Å². The van der Waals surface area contributed by atoms with E-state index in [4.69, 9.17) is 4.74 Å². The highest BCUT2D eigenvalue weighted by molar-refractivity contribution is 8.00. The highest BCUT2D eigenvalue weighted by Gasteiger charge is 2.07. The van der Waals surface area contributed by atoms with E-state index in [1.807, 2.05) is 48.5 Å². The normalized spacial score (nSPS) is 10.7.